The lowest BCUT2D eigenvalue weighted by Crippen LogP contribution is -1.93. The van der Waals surface area contributed by atoms with Crippen LogP contribution in [-0.4, -0.2) is 5.78 Å². The molecule has 2 rings (SSSR count). The molecule has 0 atom stereocenters. The van der Waals surface area contributed by atoms with E-state index in [1.54, 1.807) is 6.92 Å². The van der Waals surface area contributed by atoms with E-state index in [-0.39, 0.29) is 5.78 Å². The molecule has 0 aromatic heterocycles. The number of aryl methyl sites for hydroxylation is 2. The minimum Gasteiger partial charge on any atom is -0.295 e. The smallest absolute Gasteiger partial charge is 0.159 e. The van der Waals surface area contributed by atoms with Gasteiger partial charge in [-0.05, 0) is 49.2 Å². The van der Waals surface area contributed by atoms with Crippen LogP contribution < -0.4 is 0 Å². The van der Waals surface area contributed by atoms with Crippen LogP contribution in [0.1, 0.15) is 28.4 Å². The molecule has 2 aromatic rings. The van der Waals surface area contributed by atoms with Gasteiger partial charge in [-0.1, -0.05) is 23.8 Å². The fraction of sp³-hybridized carbons (Fsp3) is 0.214. The zero-order valence-electron chi connectivity index (χ0n) is 9.29. The van der Waals surface area contributed by atoms with Gasteiger partial charge < -0.3 is 0 Å². The summed E-state index contributed by atoms with van der Waals surface area (Å²) in [7, 11) is 0. The van der Waals surface area contributed by atoms with E-state index >= 15 is 0 Å². The number of ketones is 1. The predicted octanol–water partition coefficient (Wildman–Crippen LogP) is 3.66. The van der Waals surface area contributed by atoms with Crippen molar-refractivity contribution in [2.45, 2.75) is 20.8 Å². The maximum atomic E-state index is 11.3. The maximum absolute atomic E-state index is 11.3. The lowest BCUT2D eigenvalue weighted by atomic mass is 9.99. The van der Waals surface area contributed by atoms with Crippen molar-refractivity contribution in [1.29, 1.82) is 0 Å². The summed E-state index contributed by atoms with van der Waals surface area (Å²) in [6, 6.07) is 10.3. The van der Waals surface area contributed by atoms with Crippen molar-refractivity contribution >= 4 is 16.6 Å². The maximum Gasteiger partial charge on any atom is 0.159 e. The molecule has 15 heavy (non-hydrogen) atoms. The molecule has 0 bridgehead atoms. The van der Waals surface area contributed by atoms with Gasteiger partial charge in [0.25, 0.3) is 0 Å². The SMILES string of the molecule is CC(=O)c1cc(C)c2ccc(C)cc2c1. The Balaban J connectivity index is 2.79. The molecule has 76 valence electrons. The molecule has 0 spiro atoms. The Morgan fingerprint density at radius 3 is 2.47 bits per heavy atom. The highest BCUT2D eigenvalue weighted by molar-refractivity contribution is 5.99. The summed E-state index contributed by atoms with van der Waals surface area (Å²) in [4.78, 5) is 11.3. The fourth-order valence-electron chi connectivity index (χ4n) is 1.88. The molecule has 1 nitrogen and oxygen atoms in total. The van der Waals surface area contributed by atoms with Gasteiger partial charge in [0.15, 0.2) is 5.78 Å². The van der Waals surface area contributed by atoms with Gasteiger partial charge in [-0.3, -0.25) is 4.79 Å². The lowest BCUT2D eigenvalue weighted by Gasteiger charge is -2.05. The van der Waals surface area contributed by atoms with Crippen molar-refractivity contribution < 1.29 is 4.79 Å². The highest BCUT2D eigenvalue weighted by Crippen LogP contribution is 2.22. The summed E-state index contributed by atoms with van der Waals surface area (Å²) in [5, 5.41) is 2.38. The summed E-state index contributed by atoms with van der Waals surface area (Å²) in [6.45, 7) is 5.72. The molecule has 0 aliphatic carbocycles. The fourth-order valence-corrected chi connectivity index (χ4v) is 1.88. The van der Waals surface area contributed by atoms with E-state index in [1.807, 2.05) is 19.1 Å². The number of Topliss-reactive ketones (excluding diaryl/α,β-unsaturated/α-hetero) is 1. The van der Waals surface area contributed by atoms with Gasteiger partial charge in [-0.15, -0.1) is 0 Å². The Hall–Kier alpha value is -1.63. The molecular weight excluding hydrogens is 184 g/mol. The summed E-state index contributed by atoms with van der Waals surface area (Å²) < 4.78 is 0. The van der Waals surface area contributed by atoms with Crippen molar-refractivity contribution in [2.24, 2.45) is 0 Å². The lowest BCUT2D eigenvalue weighted by molar-refractivity contribution is 0.101. The van der Waals surface area contributed by atoms with E-state index in [0.717, 1.165) is 16.5 Å². The number of hydrogen-bond donors (Lipinski definition) is 0. The first-order valence-corrected chi connectivity index (χ1v) is 5.10. The van der Waals surface area contributed by atoms with Crippen LogP contribution in [-0.2, 0) is 0 Å². The number of carbonyl (C=O) groups excluding carboxylic acids is 1. The van der Waals surface area contributed by atoms with E-state index < -0.39 is 0 Å². The number of fused-ring (bicyclic) bond motifs is 1. The predicted molar refractivity (Wildman–Crippen MR) is 63.4 cm³/mol. The topological polar surface area (TPSA) is 17.1 Å². The first kappa shape index (κ1) is 9.91. The number of carbonyl (C=O) groups is 1. The van der Waals surface area contributed by atoms with E-state index in [2.05, 4.69) is 25.1 Å². The van der Waals surface area contributed by atoms with Crippen molar-refractivity contribution in [2.75, 3.05) is 0 Å². The minimum atomic E-state index is 0.126. The quantitative estimate of drug-likeness (QED) is 0.639. The number of benzene rings is 2. The van der Waals surface area contributed by atoms with Crippen molar-refractivity contribution in [3.63, 3.8) is 0 Å². The summed E-state index contributed by atoms with van der Waals surface area (Å²) in [5.74, 6) is 0.126. The molecular formula is C14H14O. The first-order chi connectivity index (χ1) is 7.08. The summed E-state index contributed by atoms with van der Waals surface area (Å²) in [5.41, 5.74) is 3.19. The van der Waals surface area contributed by atoms with Crippen LogP contribution in [0, 0.1) is 13.8 Å². The third-order valence-corrected chi connectivity index (χ3v) is 2.72. The Morgan fingerprint density at radius 2 is 1.80 bits per heavy atom. The molecule has 0 aliphatic heterocycles. The van der Waals surface area contributed by atoms with Crippen LogP contribution in [0.2, 0.25) is 0 Å². The molecule has 0 N–H and O–H groups in total. The van der Waals surface area contributed by atoms with E-state index in [0.29, 0.717) is 0 Å². The second-order valence-corrected chi connectivity index (χ2v) is 4.07. The van der Waals surface area contributed by atoms with E-state index in [1.165, 1.54) is 10.9 Å². The van der Waals surface area contributed by atoms with Gasteiger partial charge >= 0.3 is 0 Å². The van der Waals surface area contributed by atoms with Crippen LogP contribution in [0.25, 0.3) is 10.8 Å². The molecule has 1 heteroatoms. The zero-order chi connectivity index (χ0) is 11.0. The van der Waals surface area contributed by atoms with Crippen molar-refractivity contribution in [1.82, 2.24) is 0 Å². The normalized spacial score (nSPS) is 10.6. The zero-order valence-corrected chi connectivity index (χ0v) is 9.29. The summed E-state index contributed by atoms with van der Waals surface area (Å²) in [6.07, 6.45) is 0. The standard InChI is InChI=1S/C14H14O/c1-9-4-5-14-10(2)7-12(11(3)15)8-13(14)6-9/h4-8H,1-3H3. The second kappa shape index (κ2) is 3.50. The molecule has 0 saturated heterocycles. The highest BCUT2D eigenvalue weighted by atomic mass is 16.1. The molecule has 0 amide bonds. The molecule has 0 aliphatic rings. The third kappa shape index (κ3) is 1.78. The summed E-state index contributed by atoms with van der Waals surface area (Å²) >= 11 is 0. The van der Waals surface area contributed by atoms with E-state index in [4.69, 9.17) is 0 Å². The molecule has 0 radical (unpaired) electrons. The van der Waals surface area contributed by atoms with Crippen LogP contribution >= 0.6 is 0 Å². The van der Waals surface area contributed by atoms with Crippen LogP contribution in [0.4, 0.5) is 0 Å². The Kier molecular flexibility index (Phi) is 2.31. The molecule has 0 heterocycles. The van der Waals surface area contributed by atoms with Gasteiger partial charge in [-0.2, -0.15) is 0 Å². The Labute approximate surface area is 89.7 Å². The average molecular weight is 198 g/mol. The monoisotopic (exact) mass is 198 g/mol. The van der Waals surface area contributed by atoms with Crippen LogP contribution in [0.15, 0.2) is 30.3 Å². The van der Waals surface area contributed by atoms with Crippen molar-refractivity contribution in [3.05, 3.63) is 47.0 Å². The molecule has 0 fully saturated rings. The van der Waals surface area contributed by atoms with Gasteiger partial charge in [0.05, 0.1) is 0 Å². The minimum absolute atomic E-state index is 0.126. The molecule has 0 unspecified atom stereocenters. The second-order valence-electron chi connectivity index (χ2n) is 4.07. The van der Waals surface area contributed by atoms with Crippen LogP contribution in [0.5, 0.6) is 0 Å². The van der Waals surface area contributed by atoms with Gasteiger partial charge in [0.1, 0.15) is 0 Å². The average Bonchev–Trinajstić information content (AvgIpc) is 2.16. The number of rotatable bonds is 1. The highest BCUT2D eigenvalue weighted by Gasteiger charge is 2.04. The van der Waals surface area contributed by atoms with Crippen LogP contribution in [0.3, 0.4) is 0 Å². The van der Waals surface area contributed by atoms with Gasteiger partial charge in [-0.25, -0.2) is 0 Å². The van der Waals surface area contributed by atoms with Gasteiger partial charge in [0.2, 0.25) is 0 Å². The third-order valence-electron chi connectivity index (χ3n) is 2.72. The number of hydrogen-bond acceptors (Lipinski definition) is 1. The molecule has 2 aromatic carbocycles. The largest absolute Gasteiger partial charge is 0.295 e. The Morgan fingerprint density at radius 1 is 1.07 bits per heavy atom. The first-order valence-electron chi connectivity index (χ1n) is 5.10. The van der Waals surface area contributed by atoms with Gasteiger partial charge in [0, 0.05) is 5.56 Å². The Bertz CT molecular complexity index is 538. The van der Waals surface area contributed by atoms with E-state index in [9.17, 15) is 4.79 Å². The molecule has 0 saturated carbocycles. The van der Waals surface area contributed by atoms with Crippen molar-refractivity contribution in [3.8, 4) is 0 Å².